The van der Waals surface area contributed by atoms with Crippen LogP contribution in [0.15, 0.2) is 0 Å². The largest absolute Gasteiger partial charge is 0.318 e. The zero-order chi connectivity index (χ0) is 10.1. The molecule has 0 radical (unpaired) electrons. The predicted octanol–water partition coefficient (Wildman–Crippen LogP) is -2.74. The summed E-state index contributed by atoms with van der Waals surface area (Å²) < 4.78 is 0. The fourth-order valence-corrected chi connectivity index (χ4v) is 1.14. The van der Waals surface area contributed by atoms with Crippen LogP contribution in [0.5, 0.6) is 0 Å². The molecule has 0 amide bonds. The van der Waals surface area contributed by atoms with Crippen molar-refractivity contribution in [2.24, 2.45) is 17.2 Å². The number of rotatable bonds is 8. The van der Waals surface area contributed by atoms with Gasteiger partial charge in [0.15, 0.2) is 0 Å². The van der Waals surface area contributed by atoms with Gasteiger partial charge in [-0.05, 0) is 6.92 Å². The first-order valence-corrected chi connectivity index (χ1v) is 4.54. The van der Waals surface area contributed by atoms with E-state index in [2.05, 4.69) is 22.9 Å². The molecule has 0 aromatic rings. The monoisotopic (exact) mass is 190 g/mol. The second-order valence-electron chi connectivity index (χ2n) is 2.87. The summed E-state index contributed by atoms with van der Waals surface area (Å²) in [5.74, 6) is 0. The van der Waals surface area contributed by atoms with Crippen LogP contribution in [0.25, 0.3) is 0 Å². The van der Waals surface area contributed by atoms with Gasteiger partial charge in [0.05, 0.1) is 0 Å². The molecule has 0 fully saturated rings. The summed E-state index contributed by atoms with van der Waals surface area (Å²) in [6.45, 7) is 4.22. The van der Waals surface area contributed by atoms with Crippen molar-refractivity contribution in [3.8, 4) is 0 Å². The molecular formula is C7H22N6. The molecule has 0 aliphatic rings. The molecule has 0 aromatic heterocycles. The summed E-state index contributed by atoms with van der Waals surface area (Å²) in [5, 5.41) is 9.31. The van der Waals surface area contributed by atoms with Gasteiger partial charge in [-0.2, -0.15) is 0 Å². The molecule has 0 aliphatic carbocycles. The summed E-state index contributed by atoms with van der Waals surface area (Å²) >= 11 is 0. The van der Waals surface area contributed by atoms with E-state index in [1.165, 1.54) is 0 Å². The Kier molecular flexibility index (Phi) is 8.21. The number of hydrogen-bond donors (Lipinski definition) is 6. The van der Waals surface area contributed by atoms with Crippen LogP contribution in [-0.2, 0) is 0 Å². The molecule has 0 aromatic carbocycles. The Morgan fingerprint density at radius 3 is 2.08 bits per heavy atom. The van der Waals surface area contributed by atoms with Crippen molar-refractivity contribution in [3.05, 3.63) is 0 Å². The highest BCUT2D eigenvalue weighted by Gasteiger charge is 2.13. The van der Waals surface area contributed by atoms with Crippen molar-refractivity contribution in [2.75, 3.05) is 26.6 Å². The summed E-state index contributed by atoms with van der Waals surface area (Å²) in [4.78, 5) is 0. The van der Waals surface area contributed by atoms with Crippen LogP contribution in [-0.4, -0.2) is 38.6 Å². The SMILES string of the molecule is CC(NCN)C(CNCN)NCN. The number of nitrogens with two attached hydrogens (primary N) is 3. The van der Waals surface area contributed by atoms with Gasteiger partial charge in [0.1, 0.15) is 0 Å². The van der Waals surface area contributed by atoms with E-state index in [1.807, 2.05) is 0 Å². The van der Waals surface area contributed by atoms with Gasteiger partial charge in [-0.3, -0.25) is 5.32 Å². The smallest absolute Gasteiger partial charge is 0.0431 e. The van der Waals surface area contributed by atoms with E-state index in [0.717, 1.165) is 6.54 Å². The molecule has 13 heavy (non-hydrogen) atoms. The normalized spacial score (nSPS) is 15.7. The van der Waals surface area contributed by atoms with E-state index in [0.29, 0.717) is 20.0 Å². The molecule has 0 saturated carbocycles. The van der Waals surface area contributed by atoms with Crippen molar-refractivity contribution >= 4 is 0 Å². The molecule has 2 unspecified atom stereocenters. The lowest BCUT2D eigenvalue weighted by atomic mass is 10.1. The second-order valence-corrected chi connectivity index (χ2v) is 2.87. The van der Waals surface area contributed by atoms with Crippen LogP contribution in [0.1, 0.15) is 6.92 Å². The van der Waals surface area contributed by atoms with E-state index in [9.17, 15) is 0 Å². The van der Waals surface area contributed by atoms with Crippen molar-refractivity contribution in [3.63, 3.8) is 0 Å². The third-order valence-corrected chi connectivity index (χ3v) is 1.93. The van der Waals surface area contributed by atoms with Crippen molar-refractivity contribution < 1.29 is 0 Å². The van der Waals surface area contributed by atoms with Gasteiger partial charge >= 0.3 is 0 Å². The average Bonchev–Trinajstić information content (AvgIpc) is 2.12. The predicted molar refractivity (Wildman–Crippen MR) is 54.7 cm³/mol. The highest BCUT2D eigenvalue weighted by Crippen LogP contribution is 1.89. The first-order valence-electron chi connectivity index (χ1n) is 4.54. The maximum absolute atomic E-state index is 5.41. The van der Waals surface area contributed by atoms with E-state index in [1.54, 1.807) is 0 Å². The van der Waals surface area contributed by atoms with E-state index >= 15 is 0 Å². The number of nitrogens with one attached hydrogen (secondary N) is 3. The summed E-state index contributed by atoms with van der Waals surface area (Å²) in [6, 6.07) is 0.518. The van der Waals surface area contributed by atoms with Gasteiger partial charge < -0.3 is 27.8 Å². The molecule has 9 N–H and O–H groups in total. The Morgan fingerprint density at radius 2 is 1.62 bits per heavy atom. The highest BCUT2D eigenvalue weighted by molar-refractivity contribution is 4.79. The highest BCUT2D eigenvalue weighted by atomic mass is 15.1. The van der Waals surface area contributed by atoms with Gasteiger partial charge in [0, 0.05) is 38.6 Å². The lowest BCUT2D eigenvalue weighted by molar-refractivity contribution is 0.379. The molecule has 0 saturated heterocycles. The summed E-state index contributed by atoms with van der Waals surface area (Å²) in [5.41, 5.74) is 16.1. The quantitative estimate of drug-likeness (QED) is 0.231. The standard InChI is InChI=1S/C7H22N6/c1-6(12-4-9)7(13-5-10)2-11-3-8/h6-7,11-13H,2-5,8-10H2,1H3. The van der Waals surface area contributed by atoms with Crippen LogP contribution >= 0.6 is 0 Å². The lowest BCUT2D eigenvalue weighted by Crippen LogP contribution is -2.54. The number of hydrogen-bond acceptors (Lipinski definition) is 6. The molecule has 0 heterocycles. The average molecular weight is 190 g/mol. The minimum Gasteiger partial charge on any atom is -0.318 e. The summed E-state index contributed by atoms with van der Waals surface area (Å²) in [7, 11) is 0. The maximum atomic E-state index is 5.41. The Morgan fingerprint density at radius 1 is 1.00 bits per heavy atom. The van der Waals surface area contributed by atoms with Crippen LogP contribution in [0.3, 0.4) is 0 Å². The van der Waals surface area contributed by atoms with E-state index in [-0.39, 0.29) is 12.1 Å². The molecule has 0 rings (SSSR count). The lowest BCUT2D eigenvalue weighted by Gasteiger charge is -2.25. The molecule has 6 nitrogen and oxygen atoms in total. The molecule has 0 bridgehead atoms. The topological polar surface area (TPSA) is 114 Å². The molecule has 2 atom stereocenters. The molecule has 80 valence electrons. The zero-order valence-electron chi connectivity index (χ0n) is 8.22. The van der Waals surface area contributed by atoms with Crippen LogP contribution in [0, 0.1) is 0 Å². The van der Waals surface area contributed by atoms with Crippen molar-refractivity contribution in [2.45, 2.75) is 19.0 Å². The maximum Gasteiger partial charge on any atom is 0.0431 e. The van der Waals surface area contributed by atoms with Gasteiger partial charge in [-0.15, -0.1) is 0 Å². The molecule has 0 spiro atoms. The molecular weight excluding hydrogens is 168 g/mol. The van der Waals surface area contributed by atoms with Crippen LogP contribution in [0.2, 0.25) is 0 Å². The minimum atomic E-state index is 0.247. The fourth-order valence-electron chi connectivity index (χ4n) is 1.14. The zero-order valence-corrected chi connectivity index (χ0v) is 8.22. The van der Waals surface area contributed by atoms with Gasteiger partial charge in [0.2, 0.25) is 0 Å². The van der Waals surface area contributed by atoms with Crippen LogP contribution in [0.4, 0.5) is 0 Å². The van der Waals surface area contributed by atoms with Gasteiger partial charge in [-0.1, -0.05) is 0 Å². The van der Waals surface area contributed by atoms with E-state index in [4.69, 9.17) is 17.2 Å². The Hall–Kier alpha value is -0.240. The summed E-state index contributed by atoms with van der Waals surface area (Å²) in [6.07, 6.45) is 0. The third-order valence-electron chi connectivity index (χ3n) is 1.93. The van der Waals surface area contributed by atoms with Crippen LogP contribution < -0.4 is 33.2 Å². The first-order chi connectivity index (χ1) is 6.26. The van der Waals surface area contributed by atoms with Crippen molar-refractivity contribution in [1.82, 2.24) is 16.0 Å². The molecule has 6 heteroatoms. The van der Waals surface area contributed by atoms with E-state index < -0.39 is 0 Å². The Bertz CT molecular complexity index is 109. The third kappa shape index (κ3) is 5.92. The van der Waals surface area contributed by atoms with Gasteiger partial charge in [-0.25, -0.2) is 0 Å². The Balaban J connectivity index is 3.75. The Labute approximate surface area is 79.6 Å². The van der Waals surface area contributed by atoms with Crippen molar-refractivity contribution in [1.29, 1.82) is 0 Å². The van der Waals surface area contributed by atoms with Gasteiger partial charge in [0.25, 0.3) is 0 Å². The first kappa shape index (κ1) is 12.8. The fraction of sp³-hybridized carbons (Fsp3) is 1.00. The second kappa shape index (κ2) is 8.36. The molecule has 0 aliphatic heterocycles. The minimum absolute atomic E-state index is 0.247.